The van der Waals surface area contributed by atoms with Gasteiger partial charge in [0.1, 0.15) is 11.9 Å². The van der Waals surface area contributed by atoms with E-state index >= 15 is 0 Å². The summed E-state index contributed by atoms with van der Waals surface area (Å²) in [6.07, 6.45) is 6.49. The zero-order valence-corrected chi connectivity index (χ0v) is 8.56. The third-order valence-corrected chi connectivity index (χ3v) is 2.37. The molecular weight excluding hydrogens is 194 g/mol. The van der Waals surface area contributed by atoms with Crippen molar-refractivity contribution >= 4 is 12.1 Å². The summed E-state index contributed by atoms with van der Waals surface area (Å²) in [5.74, 6) is 0.455. The predicted octanol–water partition coefficient (Wildman–Crippen LogP) is 1.01. The van der Waals surface area contributed by atoms with E-state index < -0.39 is 0 Å². The molecule has 0 spiro atoms. The molecule has 2 aliphatic rings. The van der Waals surface area contributed by atoms with Gasteiger partial charge in [0.25, 0.3) is 5.91 Å². The zero-order chi connectivity index (χ0) is 10.8. The number of aliphatic imine (C=N–C) groups is 1. The van der Waals surface area contributed by atoms with Crippen LogP contribution in [0.1, 0.15) is 0 Å². The number of carbonyl (C=O) groups is 1. The number of fused-ring (bicyclic) bond motifs is 1. The van der Waals surface area contributed by atoms with Gasteiger partial charge >= 0.3 is 0 Å². The van der Waals surface area contributed by atoms with Crippen LogP contribution < -0.4 is 0 Å². The average molecular weight is 205 g/mol. The number of amides is 1. The number of hydrogen-bond donors (Lipinski definition) is 0. The second-order valence-electron chi connectivity index (χ2n) is 3.19. The number of dihydropyridines is 1. The first-order valence-corrected chi connectivity index (χ1v) is 4.55. The molecule has 4 heteroatoms. The summed E-state index contributed by atoms with van der Waals surface area (Å²) >= 11 is 0. The quantitative estimate of drug-likeness (QED) is 0.676. The van der Waals surface area contributed by atoms with E-state index in [0.717, 1.165) is 5.57 Å². The molecule has 1 aliphatic heterocycles. The first kappa shape index (κ1) is 9.86. The van der Waals surface area contributed by atoms with Gasteiger partial charge in [-0.3, -0.25) is 4.79 Å². The van der Waals surface area contributed by atoms with Gasteiger partial charge in [-0.15, -0.1) is 0 Å². The molecule has 2 rings (SSSR count). The third-order valence-electron chi connectivity index (χ3n) is 2.37. The summed E-state index contributed by atoms with van der Waals surface area (Å²) in [7, 11) is 3.15. The lowest BCUT2D eigenvalue weighted by Crippen LogP contribution is -2.21. The number of methoxy groups -OCH3 is 2. The van der Waals surface area contributed by atoms with Crippen LogP contribution >= 0.6 is 0 Å². The van der Waals surface area contributed by atoms with Crippen LogP contribution in [0.15, 0.2) is 40.1 Å². The summed E-state index contributed by atoms with van der Waals surface area (Å²) in [5.41, 5.74) is 1.39. The molecule has 1 heterocycles. The standard InChI is InChI=1S/C11H11NO3/c1-14-9-5-7-3-4-12-11(13)8(7)6-10(9)15-2/h3-6,10H,1-2H3. The van der Waals surface area contributed by atoms with Crippen LogP contribution in [0, 0.1) is 0 Å². The van der Waals surface area contributed by atoms with Gasteiger partial charge in [-0.2, -0.15) is 0 Å². The number of nitrogens with zero attached hydrogens (tertiary/aromatic N) is 1. The van der Waals surface area contributed by atoms with Crippen LogP contribution in [-0.2, 0) is 14.3 Å². The Morgan fingerprint density at radius 1 is 1.40 bits per heavy atom. The van der Waals surface area contributed by atoms with E-state index in [0.29, 0.717) is 11.3 Å². The van der Waals surface area contributed by atoms with E-state index in [1.54, 1.807) is 32.4 Å². The van der Waals surface area contributed by atoms with Crippen molar-refractivity contribution in [2.45, 2.75) is 6.10 Å². The van der Waals surface area contributed by atoms with Crippen LogP contribution in [0.25, 0.3) is 0 Å². The lowest BCUT2D eigenvalue weighted by atomic mass is 9.95. The molecule has 0 saturated carbocycles. The Kier molecular flexibility index (Phi) is 2.51. The van der Waals surface area contributed by atoms with Crippen LogP contribution in [0.4, 0.5) is 0 Å². The van der Waals surface area contributed by atoms with Gasteiger partial charge in [0, 0.05) is 18.9 Å². The molecule has 0 fully saturated rings. The topological polar surface area (TPSA) is 47.9 Å². The van der Waals surface area contributed by atoms with Crippen molar-refractivity contribution in [3.8, 4) is 0 Å². The number of ether oxygens (including phenoxy) is 2. The van der Waals surface area contributed by atoms with Gasteiger partial charge in [-0.1, -0.05) is 0 Å². The maximum absolute atomic E-state index is 11.5. The molecule has 15 heavy (non-hydrogen) atoms. The van der Waals surface area contributed by atoms with E-state index in [1.165, 1.54) is 6.21 Å². The monoisotopic (exact) mass is 205 g/mol. The Morgan fingerprint density at radius 3 is 2.87 bits per heavy atom. The van der Waals surface area contributed by atoms with Gasteiger partial charge < -0.3 is 9.47 Å². The van der Waals surface area contributed by atoms with Gasteiger partial charge in [0.05, 0.1) is 7.11 Å². The Balaban J connectivity index is 2.42. The number of allylic oxidation sites excluding steroid dienone is 2. The maximum atomic E-state index is 11.5. The summed E-state index contributed by atoms with van der Waals surface area (Å²) < 4.78 is 10.4. The van der Waals surface area contributed by atoms with Crippen molar-refractivity contribution < 1.29 is 14.3 Å². The summed E-state index contributed by atoms with van der Waals surface area (Å²) in [6.45, 7) is 0. The van der Waals surface area contributed by atoms with Gasteiger partial charge in [0.2, 0.25) is 0 Å². The van der Waals surface area contributed by atoms with Crippen molar-refractivity contribution in [2.75, 3.05) is 14.2 Å². The molecule has 1 amide bonds. The number of rotatable bonds is 2. The Morgan fingerprint density at radius 2 is 2.20 bits per heavy atom. The third kappa shape index (κ3) is 1.64. The lowest BCUT2D eigenvalue weighted by Gasteiger charge is -2.22. The fourth-order valence-corrected chi connectivity index (χ4v) is 1.59. The van der Waals surface area contributed by atoms with E-state index in [2.05, 4.69) is 4.99 Å². The molecule has 1 atom stereocenters. The Labute approximate surface area is 87.6 Å². The highest BCUT2D eigenvalue weighted by molar-refractivity contribution is 6.08. The van der Waals surface area contributed by atoms with Crippen LogP contribution in [-0.4, -0.2) is 32.4 Å². The second-order valence-corrected chi connectivity index (χ2v) is 3.19. The maximum Gasteiger partial charge on any atom is 0.277 e. The predicted molar refractivity (Wildman–Crippen MR) is 55.6 cm³/mol. The van der Waals surface area contributed by atoms with Gasteiger partial charge in [-0.25, -0.2) is 4.99 Å². The molecule has 0 saturated heterocycles. The molecular formula is C11H11NO3. The van der Waals surface area contributed by atoms with Crippen LogP contribution in [0.2, 0.25) is 0 Å². The molecule has 4 nitrogen and oxygen atoms in total. The van der Waals surface area contributed by atoms with Crippen molar-refractivity contribution in [1.82, 2.24) is 0 Å². The smallest absolute Gasteiger partial charge is 0.277 e. The minimum atomic E-state index is -0.306. The molecule has 1 aliphatic carbocycles. The molecule has 78 valence electrons. The fourth-order valence-electron chi connectivity index (χ4n) is 1.59. The number of hydrogen-bond acceptors (Lipinski definition) is 3. The highest BCUT2D eigenvalue weighted by atomic mass is 16.5. The highest BCUT2D eigenvalue weighted by Crippen LogP contribution is 2.27. The van der Waals surface area contributed by atoms with Crippen LogP contribution in [0.5, 0.6) is 0 Å². The highest BCUT2D eigenvalue weighted by Gasteiger charge is 2.25. The number of carbonyl (C=O) groups excluding carboxylic acids is 1. The zero-order valence-electron chi connectivity index (χ0n) is 8.56. The molecule has 0 aromatic heterocycles. The molecule has 0 aromatic rings. The first-order valence-electron chi connectivity index (χ1n) is 4.55. The first-order chi connectivity index (χ1) is 7.26. The largest absolute Gasteiger partial charge is 0.498 e. The van der Waals surface area contributed by atoms with E-state index in [4.69, 9.17) is 9.47 Å². The molecule has 0 radical (unpaired) electrons. The van der Waals surface area contributed by atoms with Gasteiger partial charge in [-0.05, 0) is 23.8 Å². The average Bonchev–Trinajstić information content (AvgIpc) is 2.28. The van der Waals surface area contributed by atoms with Crippen molar-refractivity contribution in [1.29, 1.82) is 0 Å². The van der Waals surface area contributed by atoms with E-state index in [9.17, 15) is 4.79 Å². The minimum Gasteiger partial charge on any atom is -0.498 e. The fraction of sp³-hybridized carbons (Fsp3) is 0.273. The Bertz CT molecular complexity index is 416. The molecule has 0 aromatic carbocycles. The van der Waals surface area contributed by atoms with Crippen LogP contribution in [0.3, 0.4) is 0 Å². The van der Waals surface area contributed by atoms with Crippen molar-refractivity contribution in [3.05, 3.63) is 35.1 Å². The summed E-state index contributed by atoms with van der Waals surface area (Å²) in [4.78, 5) is 15.2. The van der Waals surface area contributed by atoms with Crippen molar-refractivity contribution in [3.63, 3.8) is 0 Å². The second kappa shape index (κ2) is 3.82. The van der Waals surface area contributed by atoms with Crippen molar-refractivity contribution in [2.24, 2.45) is 4.99 Å². The molecule has 1 unspecified atom stereocenters. The Hall–Kier alpha value is -1.68. The van der Waals surface area contributed by atoms with E-state index in [1.807, 2.05) is 0 Å². The summed E-state index contributed by atoms with van der Waals surface area (Å²) in [6, 6.07) is 0. The lowest BCUT2D eigenvalue weighted by molar-refractivity contribution is -0.114. The van der Waals surface area contributed by atoms with E-state index in [-0.39, 0.29) is 12.0 Å². The minimum absolute atomic E-state index is 0.235. The SMILES string of the molecule is COC1=CC2=CC=NC(=O)C2=CC1OC. The normalized spacial score (nSPS) is 24.0. The van der Waals surface area contributed by atoms with Gasteiger partial charge in [0.15, 0.2) is 0 Å². The molecule has 0 bridgehead atoms. The summed E-state index contributed by atoms with van der Waals surface area (Å²) in [5, 5.41) is 0. The molecule has 0 N–H and O–H groups in total.